The second kappa shape index (κ2) is 5.90. The summed E-state index contributed by atoms with van der Waals surface area (Å²) < 4.78 is 30.8. The summed E-state index contributed by atoms with van der Waals surface area (Å²) in [6, 6.07) is 1.75. The minimum atomic E-state index is -3.63. The van der Waals surface area contributed by atoms with E-state index in [0.717, 1.165) is 5.69 Å². The third-order valence-corrected chi connectivity index (χ3v) is 4.54. The molecule has 0 saturated heterocycles. The van der Waals surface area contributed by atoms with Gasteiger partial charge in [-0.1, -0.05) is 0 Å². The zero-order valence-electron chi connectivity index (χ0n) is 12.4. The number of nitrogens with zero attached hydrogens (tertiary/aromatic N) is 3. The van der Waals surface area contributed by atoms with Gasteiger partial charge in [-0.2, -0.15) is 5.10 Å². The summed E-state index contributed by atoms with van der Waals surface area (Å²) in [5.41, 5.74) is 6.90. The van der Waals surface area contributed by atoms with E-state index >= 15 is 0 Å². The molecule has 0 amide bonds. The number of hydrogen-bond donors (Lipinski definition) is 2. The van der Waals surface area contributed by atoms with Crippen molar-refractivity contribution in [2.45, 2.75) is 44.8 Å². The maximum Gasteiger partial charge on any atom is 0.263 e. The molecule has 0 fully saturated rings. The Morgan fingerprint density at radius 3 is 2.57 bits per heavy atom. The molecule has 116 valence electrons. The minimum Gasteiger partial charge on any atom is -0.346 e. The molecule has 0 radical (unpaired) electrons. The van der Waals surface area contributed by atoms with Crippen molar-refractivity contribution in [2.24, 2.45) is 5.73 Å². The van der Waals surface area contributed by atoms with Gasteiger partial charge in [-0.3, -0.25) is 9.40 Å². The molecule has 8 heteroatoms. The molecule has 0 aliphatic carbocycles. The lowest BCUT2D eigenvalue weighted by atomic mass is 10.3. The third kappa shape index (κ3) is 3.27. The highest BCUT2D eigenvalue weighted by Gasteiger charge is 2.19. The van der Waals surface area contributed by atoms with Crippen LogP contribution in [0.25, 0.3) is 0 Å². The van der Waals surface area contributed by atoms with Crippen molar-refractivity contribution in [3.63, 3.8) is 0 Å². The van der Waals surface area contributed by atoms with Crippen LogP contribution in [0, 0.1) is 0 Å². The highest BCUT2D eigenvalue weighted by molar-refractivity contribution is 7.92. The van der Waals surface area contributed by atoms with Gasteiger partial charge in [0, 0.05) is 37.2 Å². The number of hydrogen-bond acceptors (Lipinski definition) is 4. The van der Waals surface area contributed by atoms with E-state index in [9.17, 15) is 8.42 Å². The summed E-state index contributed by atoms with van der Waals surface area (Å²) in [6.45, 7) is 6.87. The predicted octanol–water partition coefficient (Wildman–Crippen LogP) is 1.54. The lowest BCUT2D eigenvalue weighted by molar-refractivity contribution is 0.573. The molecule has 0 aliphatic heterocycles. The van der Waals surface area contributed by atoms with E-state index < -0.39 is 10.0 Å². The van der Waals surface area contributed by atoms with Crippen molar-refractivity contribution in [1.82, 2.24) is 14.3 Å². The van der Waals surface area contributed by atoms with E-state index in [1.165, 1.54) is 6.20 Å². The Morgan fingerprint density at radius 1 is 1.38 bits per heavy atom. The maximum atomic E-state index is 12.4. The van der Waals surface area contributed by atoms with Crippen LogP contribution in [0.15, 0.2) is 29.6 Å². The summed E-state index contributed by atoms with van der Waals surface area (Å²) in [5.74, 6) is 0. The molecule has 21 heavy (non-hydrogen) atoms. The van der Waals surface area contributed by atoms with E-state index in [0.29, 0.717) is 18.8 Å². The van der Waals surface area contributed by atoms with Gasteiger partial charge < -0.3 is 10.3 Å². The SMILES string of the molecule is CCn1cc(NS(=O)(=O)c2cc(CN)n(C(C)C)c2)cn1. The van der Waals surface area contributed by atoms with Crippen LogP contribution in [0.3, 0.4) is 0 Å². The molecule has 3 N–H and O–H groups in total. The lowest BCUT2D eigenvalue weighted by Gasteiger charge is -2.10. The van der Waals surface area contributed by atoms with Gasteiger partial charge in [-0.05, 0) is 26.8 Å². The normalized spacial score (nSPS) is 12.0. The topological polar surface area (TPSA) is 94.9 Å². The second-order valence-electron chi connectivity index (χ2n) is 5.06. The van der Waals surface area contributed by atoms with Crippen LogP contribution in [0.2, 0.25) is 0 Å². The van der Waals surface area contributed by atoms with Crippen LogP contribution >= 0.6 is 0 Å². The standard InChI is InChI=1S/C13H21N5O2S/c1-4-17-8-11(7-15-17)16-21(19,20)13-5-12(6-14)18(9-13)10(2)3/h5,7-10,16H,4,6,14H2,1-3H3. The Kier molecular flexibility index (Phi) is 4.38. The Hall–Kier alpha value is -1.80. The Morgan fingerprint density at radius 2 is 2.10 bits per heavy atom. The Balaban J connectivity index is 2.31. The van der Waals surface area contributed by atoms with Crippen molar-refractivity contribution in [2.75, 3.05) is 4.72 Å². The zero-order chi connectivity index (χ0) is 15.6. The largest absolute Gasteiger partial charge is 0.346 e. The molecule has 0 atom stereocenters. The maximum absolute atomic E-state index is 12.4. The van der Waals surface area contributed by atoms with E-state index in [1.54, 1.807) is 23.1 Å². The smallest absolute Gasteiger partial charge is 0.263 e. The molecule has 2 heterocycles. The van der Waals surface area contributed by atoms with E-state index in [-0.39, 0.29) is 10.9 Å². The van der Waals surface area contributed by atoms with E-state index in [4.69, 9.17) is 5.73 Å². The van der Waals surface area contributed by atoms with Gasteiger partial charge in [0.05, 0.1) is 11.9 Å². The molecule has 0 spiro atoms. The Bertz CT molecular complexity index is 715. The van der Waals surface area contributed by atoms with Gasteiger partial charge in [0.1, 0.15) is 4.90 Å². The predicted molar refractivity (Wildman–Crippen MR) is 81.4 cm³/mol. The quantitative estimate of drug-likeness (QED) is 0.846. The molecular weight excluding hydrogens is 290 g/mol. The zero-order valence-corrected chi connectivity index (χ0v) is 13.3. The molecule has 0 bridgehead atoms. The van der Waals surface area contributed by atoms with Crippen LogP contribution in [0.1, 0.15) is 32.5 Å². The van der Waals surface area contributed by atoms with Crippen molar-refractivity contribution in [1.29, 1.82) is 0 Å². The van der Waals surface area contributed by atoms with Crippen molar-refractivity contribution in [3.05, 3.63) is 30.4 Å². The summed E-state index contributed by atoms with van der Waals surface area (Å²) in [5, 5.41) is 4.04. The van der Waals surface area contributed by atoms with Crippen LogP contribution in [-0.4, -0.2) is 22.8 Å². The van der Waals surface area contributed by atoms with Crippen LogP contribution in [0.4, 0.5) is 5.69 Å². The first-order chi connectivity index (χ1) is 9.87. The van der Waals surface area contributed by atoms with E-state index in [1.807, 2.05) is 25.3 Å². The fourth-order valence-corrected chi connectivity index (χ4v) is 3.17. The third-order valence-electron chi connectivity index (χ3n) is 3.19. The van der Waals surface area contributed by atoms with Crippen molar-refractivity contribution in [3.8, 4) is 0 Å². The summed E-state index contributed by atoms with van der Waals surface area (Å²) in [7, 11) is -3.63. The average Bonchev–Trinajstić information content (AvgIpc) is 3.04. The lowest BCUT2D eigenvalue weighted by Crippen LogP contribution is -2.12. The summed E-state index contributed by atoms with van der Waals surface area (Å²) in [6.07, 6.45) is 4.75. The van der Waals surface area contributed by atoms with Crippen LogP contribution in [-0.2, 0) is 23.1 Å². The van der Waals surface area contributed by atoms with E-state index in [2.05, 4.69) is 9.82 Å². The molecule has 2 rings (SSSR count). The monoisotopic (exact) mass is 311 g/mol. The Labute approximate surface area is 124 Å². The van der Waals surface area contributed by atoms with Gasteiger partial charge in [0.25, 0.3) is 10.0 Å². The average molecular weight is 311 g/mol. The molecule has 0 unspecified atom stereocenters. The van der Waals surface area contributed by atoms with Gasteiger partial charge in [0.15, 0.2) is 0 Å². The highest BCUT2D eigenvalue weighted by Crippen LogP contribution is 2.21. The van der Waals surface area contributed by atoms with Gasteiger partial charge in [-0.25, -0.2) is 8.42 Å². The molecule has 0 aliphatic rings. The molecule has 0 aromatic carbocycles. The number of aromatic nitrogens is 3. The molecular formula is C13H21N5O2S. The van der Waals surface area contributed by atoms with Crippen LogP contribution in [0.5, 0.6) is 0 Å². The number of nitrogens with two attached hydrogens (primary N) is 1. The fourth-order valence-electron chi connectivity index (χ4n) is 2.09. The van der Waals surface area contributed by atoms with Gasteiger partial charge in [-0.15, -0.1) is 0 Å². The second-order valence-corrected chi connectivity index (χ2v) is 6.74. The molecule has 7 nitrogen and oxygen atoms in total. The number of nitrogens with one attached hydrogen (secondary N) is 1. The molecule has 2 aromatic heterocycles. The minimum absolute atomic E-state index is 0.148. The number of sulfonamides is 1. The number of rotatable bonds is 6. The molecule has 2 aromatic rings. The van der Waals surface area contributed by atoms with Crippen molar-refractivity contribution < 1.29 is 8.42 Å². The van der Waals surface area contributed by atoms with Crippen LogP contribution < -0.4 is 10.5 Å². The first-order valence-corrected chi connectivity index (χ1v) is 8.31. The first kappa shape index (κ1) is 15.6. The highest BCUT2D eigenvalue weighted by atomic mass is 32.2. The van der Waals surface area contributed by atoms with Gasteiger partial charge >= 0.3 is 0 Å². The number of aryl methyl sites for hydroxylation is 1. The summed E-state index contributed by atoms with van der Waals surface area (Å²) in [4.78, 5) is 0.209. The van der Waals surface area contributed by atoms with Gasteiger partial charge in [0.2, 0.25) is 0 Å². The fraction of sp³-hybridized carbons (Fsp3) is 0.462. The molecule has 0 saturated carbocycles. The summed E-state index contributed by atoms with van der Waals surface area (Å²) >= 11 is 0. The number of anilines is 1. The van der Waals surface area contributed by atoms with Crippen molar-refractivity contribution >= 4 is 15.7 Å². The first-order valence-electron chi connectivity index (χ1n) is 6.83.